The molecule has 1 aromatic heterocycles. The van der Waals surface area contributed by atoms with Crippen LogP contribution in [0, 0.1) is 0 Å². The maximum absolute atomic E-state index is 12.4. The maximum Gasteiger partial charge on any atom is 0.242 e. The van der Waals surface area contributed by atoms with Crippen LogP contribution in [0.1, 0.15) is 0 Å². The molecule has 3 rings (SSSR count). The first-order chi connectivity index (χ1) is 11.7. The Labute approximate surface area is 140 Å². The summed E-state index contributed by atoms with van der Waals surface area (Å²) in [4.78, 5) is 25.8. The fourth-order valence-corrected chi connectivity index (χ4v) is 2.84. The molecule has 2 aromatic rings. The molecule has 1 fully saturated rings. The number of carbonyl (C=O) groups excluding carboxylic acids is 2. The number of hydrogen-bond donors (Lipinski definition) is 2. The Morgan fingerprint density at radius 1 is 1.21 bits per heavy atom. The second-order valence-electron chi connectivity index (χ2n) is 5.79. The SMILES string of the molecule is CNCC(=O)Nc1ccc2c(ccn2CC(=O)N2CCOCC2)c1. The first kappa shape index (κ1) is 16.5. The van der Waals surface area contributed by atoms with E-state index in [9.17, 15) is 9.59 Å². The van der Waals surface area contributed by atoms with Crippen molar-refractivity contribution in [1.82, 2.24) is 14.8 Å². The van der Waals surface area contributed by atoms with E-state index < -0.39 is 0 Å². The third-order valence-electron chi connectivity index (χ3n) is 4.06. The van der Waals surface area contributed by atoms with Gasteiger partial charge < -0.3 is 24.8 Å². The fraction of sp³-hybridized carbons (Fsp3) is 0.412. The summed E-state index contributed by atoms with van der Waals surface area (Å²) in [6.45, 7) is 3.10. The summed E-state index contributed by atoms with van der Waals surface area (Å²) in [7, 11) is 1.73. The Balaban J connectivity index is 1.71. The smallest absolute Gasteiger partial charge is 0.242 e. The molecule has 7 nitrogen and oxygen atoms in total. The maximum atomic E-state index is 12.4. The van der Waals surface area contributed by atoms with Crippen molar-refractivity contribution in [2.75, 3.05) is 45.2 Å². The molecule has 0 aliphatic carbocycles. The Hall–Kier alpha value is -2.38. The molecule has 2 amide bonds. The zero-order valence-electron chi connectivity index (χ0n) is 13.7. The molecule has 0 bridgehead atoms. The minimum atomic E-state index is -0.0845. The summed E-state index contributed by atoms with van der Waals surface area (Å²) in [5, 5.41) is 6.64. The summed E-state index contributed by atoms with van der Waals surface area (Å²) in [6, 6.07) is 7.65. The van der Waals surface area contributed by atoms with Gasteiger partial charge in [-0.3, -0.25) is 9.59 Å². The number of fused-ring (bicyclic) bond motifs is 1. The average molecular weight is 330 g/mol. The van der Waals surface area contributed by atoms with E-state index in [0.29, 0.717) is 32.8 Å². The van der Waals surface area contributed by atoms with E-state index in [-0.39, 0.29) is 18.4 Å². The van der Waals surface area contributed by atoms with Gasteiger partial charge in [0.15, 0.2) is 0 Å². The van der Waals surface area contributed by atoms with Gasteiger partial charge in [-0.2, -0.15) is 0 Å². The van der Waals surface area contributed by atoms with Gasteiger partial charge in [-0.25, -0.2) is 0 Å². The second-order valence-corrected chi connectivity index (χ2v) is 5.79. The van der Waals surface area contributed by atoms with Crippen LogP contribution in [0.4, 0.5) is 5.69 Å². The van der Waals surface area contributed by atoms with Crippen LogP contribution in [0.3, 0.4) is 0 Å². The van der Waals surface area contributed by atoms with Gasteiger partial charge in [0.1, 0.15) is 6.54 Å². The highest BCUT2D eigenvalue weighted by atomic mass is 16.5. The minimum absolute atomic E-state index is 0.0845. The van der Waals surface area contributed by atoms with Crippen molar-refractivity contribution in [2.45, 2.75) is 6.54 Å². The number of amides is 2. The molecule has 7 heteroatoms. The number of morpholine rings is 1. The van der Waals surface area contributed by atoms with Gasteiger partial charge in [0.05, 0.1) is 19.8 Å². The summed E-state index contributed by atoms with van der Waals surface area (Å²) >= 11 is 0. The molecule has 2 N–H and O–H groups in total. The lowest BCUT2D eigenvalue weighted by molar-refractivity contribution is -0.135. The Kier molecular flexibility index (Phi) is 5.12. The van der Waals surface area contributed by atoms with Gasteiger partial charge in [0.2, 0.25) is 11.8 Å². The van der Waals surface area contributed by atoms with E-state index in [1.54, 1.807) is 7.05 Å². The predicted molar refractivity (Wildman–Crippen MR) is 91.9 cm³/mol. The molecule has 1 aliphatic heterocycles. The number of hydrogen-bond acceptors (Lipinski definition) is 4. The van der Waals surface area contributed by atoms with Gasteiger partial charge in [-0.1, -0.05) is 0 Å². The number of carbonyl (C=O) groups is 2. The second kappa shape index (κ2) is 7.46. The number of rotatable bonds is 5. The largest absolute Gasteiger partial charge is 0.378 e. The highest BCUT2D eigenvalue weighted by Crippen LogP contribution is 2.21. The lowest BCUT2D eigenvalue weighted by atomic mass is 10.2. The molecular formula is C17H22N4O3. The van der Waals surface area contributed by atoms with Crippen molar-refractivity contribution in [3.8, 4) is 0 Å². The molecule has 24 heavy (non-hydrogen) atoms. The molecule has 0 spiro atoms. The molecular weight excluding hydrogens is 308 g/mol. The van der Waals surface area contributed by atoms with Crippen molar-refractivity contribution in [1.29, 1.82) is 0 Å². The number of ether oxygens (including phenoxy) is 1. The van der Waals surface area contributed by atoms with Crippen molar-refractivity contribution in [3.63, 3.8) is 0 Å². The number of aromatic nitrogens is 1. The Bertz CT molecular complexity index is 735. The number of anilines is 1. The zero-order chi connectivity index (χ0) is 16.9. The van der Waals surface area contributed by atoms with Crippen LogP contribution in [0.25, 0.3) is 10.9 Å². The number of benzene rings is 1. The van der Waals surface area contributed by atoms with E-state index in [0.717, 1.165) is 16.6 Å². The minimum Gasteiger partial charge on any atom is -0.378 e. The van der Waals surface area contributed by atoms with Crippen molar-refractivity contribution >= 4 is 28.4 Å². The molecule has 1 saturated heterocycles. The van der Waals surface area contributed by atoms with Crippen molar-refractivity contribution in [2.24, 2.45) is 0 Å². The predicted octanol–water partition coefficient (Wildman–Crippen LogP) is 0.658. The quantitative estimate of drug-likeness (QED) is 0.844. The third kappa shape index (κ3) is 3.74. The van der Waals surface area contributed by atoms with Crippen LogP contribution in [0.2, 0.25) is 0 Å². The Morgan fingerprint density at radius 2 is 2.00 bits per heavy atom. The lowest BCUT2D eigenvalue weighted by Crippen LogP contribution is -2.42. The van der Waals surface area contributed by atoms with Crippen molar-refractivity contribution < 1.29 is 14.3 Å². The van der Waals surface area contributed by atoms with Gasteiger partial charge in [-0.05, 0) is 31.3 Å². The highest BCUT2D eigenvalue weighted by Gasteiger charge is 2.17. The molecule has 1 aliphatic rings. The van der Waals surface area contributed by atoms with E-state index in [2.05, 4.69) is 10.6 Å². The molecule has 1 aromatic carbocycles. The van der Waals surface area contributed by atoms with E-state index in [4.69, 9.17) is 4.74 Å². The van der Waals surface area contributed by atoms with Crippen LogP contribution in [0.5, 0.6) is 0 Å². The first-order valence-corrected chi connectivity index (χ1v) is 8.06. The van der Waals surface area contributed by atoms with Gasteiger partial charge in [0, 0.05) is 35.9 Å². The van der Waals surface area contributed by atoms with E-state index in [1.165, 1.54) is 0 Å². The topological polar surface area (TPSA) is 75.6 Å². The van der Waals surface area contributed by atoms with Crippen LogP contribution >= 0.6 is 0 Å². The van der Waals surface area contributed by atoms with Gasteiger partial charge in [-0.15, -0.1) is 0 Å². The molecule has 0 atom stereocenters. The van der Waals surface area contributed by atoms with Crippen LogP contribution in [0.15, 0.2) is 30.5 Å². The van der Waals surface area contributed by atoms with Crippen LogP contribution in [-0.4, -0.2) is 61.2 Å². The number of likely N-dealkylation sites (N-methyl/N-ethyl adjacent to an activating group) is 1. The summed E-state index contributed by atoms with van der Waals surface area (Å²) in [5.41, 5.74) is 1.73. The summed E-state index contributed by atoms with van der Waals surface area (Å²) < 4.78 is 7.21. The van der Waals surface area contributed by atoms with Crippen LogP contribution in [-0.2, 0) is 20.9 Å². The third-order valence-corrected chi connectivity index (χ3v) is 4.06. The van der Waals surface area contributed by atoms with Gasteiger partial charge in [0.25, 0.3) is 0 Å². The highest BCUT2D eigenvalue weighted by molar-refractivity contribution is 5.95. The van der Waals surface area contributed by atoms with Crippen LogP contribution < -0.4 is 10.6 Å². The zero-order valence-corrected chi connectivity index (χ0v) is 13.7. The summed E-state index contributed by atoms with van der Waals surface area (Å²) in [5.74, 6) is 0.0148. The summed E-state index contributed by atoms with van der Waals surface area (Å²) in [6.07, 6.45) is 1.90. The van der Waals surface area contributed by atoms with Gasteiger partial charge >= 0.3 is 0 Å². The number of nitrogens with zero attached hydrogens (tertiary/aromatic N) is 2. The first-order valence-electron chi connectivity index (χ1n) is 8.06. The normalized spacial score (nSPS) is 14.8. The van der Waals surface area contributed by atoms with Crippen molar-refractivity contribution in [3.05, 3.63) is 30.5 Å². The molecule has 2 heterocycles. The standard InChI is InChI=1S/C17H22N4O3/c1-18-11-16(22)19-14-2-3-15-13(10-14)4-5-21(15)12-17(23)20-6-8-24-9-7-20/h2-5,10,18H,6-9,11-12H2,1H3,(H,19,22). The Morgan fingerprint density at radius 3 is 2.75 bits per heavy atom. The fourth-order valence-electron chi connectivity index (χ4n) is 2.84. The van der Waals surface area contributed by atoms with E-state index >= 15 is 0 Å². The molecule has 0 saturated carbocycles. The average Bonchev–Trinajstić information content (AvgIpc) is 2.98. The molecule has 0 radical (unpaired) electrons. The number of nitrogens with one attached hydrogen (secondary N) is 2. The molecule has 0 unspecified atom stereocenters. The monoisotopic (exact) mass is 330 g/mol. The lowest BCUT2D eigenvalue weighted by Gasteiger charge is -2.27. The molecule has 128 valence electrons. The van der Waals surface area contributed by atoms with E-state index in [1.807, 2.05) is 39.9 Å².